The Morgan fingerprint density at radius 2 is 2.19 bits per heavy atom. The molecule has 0 bridgehead atoms. The molecular weight excluding hydrogens is 271 g/mol. The van der Waals surface area contributed by atoms with E-state index in [9.17, 15) is 9.65 Å². The highest BCUT2D eigenvalue weighted by molar-refractivity contribution is 5.81. The van der Waals surface area contributed by atoms with Crippen LogP contribution in [0.2, 0.25) is 0 Å². The van der Waals surface area contributed by atoms with Gasteiger partial charge in [0.15, 0.2) is 5.65 Å². The minimum Gasteiger partial charge on any atom is -0.369 e. The van der Waals surface area contributed by atoms with Crippen molar-refractivity contribution in [3.63, 3.8) is 0 Å². The van der Waals surface area contributed by atoms with Crippen molar-refractivity contribution in [2.45, 2.75) is 13.3 Å². The second-order valence-corrected chi connectivity index (χ2v) is 4.65. The molecule has 0 aliphatic rings. The van der Waals surface area contributed by atoms with Gasteiger partial charge in [-0.15, -0.1) is 0 Å². The average molecular weight is 284 g/mol. The SMILES string of the molecule is CCc1nn(C)c2c1nc(N)n2-c1cccc(F)c1C#N. The van der Waals surface area contributed by atoms with E-state index < -0.39 is 5.82 Å². The summed E-state index contributed by atoms with van der Waals surface area (Å²) in [5.41, 5.74) is 8.40. The zero-order valence-electron chi connectivity index (χ0n) is 11.6. The lowest BCUT2D eigenvalue weighted by Crippen LogP contribution is -2.07. The van der Waals surface area contributed by atoms with Gasteiger partial charge in [0.25, 0.3) is 0 Å². The quantitative estimate of drug-likeness (QED) is 0.779. The van der Waals surface area contributed by atoms with Crippen LogP contribution in [-0.2, 0) is 13.5 Å². The molecule has 0 spiro atoms. The van der Waals surface area contributed by atoms with E-state index in [1.807, 2.05) is 13.0 Å². The van der Waals surface area contributed by atoms with Crippen LogP contribution in [-0.4, -0.2) is 19.3 Å². The summed E-state index contributed by atoms with van der Waals surface area (Å²) in [5, 5.41) is 13.6. The number of nitrogens with two attached hydrogens (primary N) is 1. The Morgan fingerprint density at radius 1 is 1.43 bits per heavy atom. The van der Waals surface area contributed by atoms with Gasteiger partial charge in [0.2, 0.25) is 5.95 Å². The van der Waals surface area contributed by atoms with Gasteiger partial charge in [-0.3, -0.25) is 4.57 Å². The molecule has 0 saturated heterocycles. The molecule has 0 saturated carbocycles. The molecule has 0 aliphatic carbocycles. The van der Waals surface area contributed by atoms with Crippen molar-refractivity contribution < 1.29 is 4.39 Å². The van der Waals surface area contributed by atoms with Gasteiger partial charge in [-0.25, -0.2) is 14.1 Å². The summed E-state index contributed by atoms with van der Waals surface area (Å²) in [4.78, 5) is 4.31. The predicted molar refractivity (Wildman–Crippen MR) is 76.3 cm³/mol. The molecule has 0 aliphatic heterocycles. The number of hydrogen-bond acceptors (Lipinski definition) is 4. The molecule has 21 heavy (non-hydrogen) atoms. The fourth-order valence-electron chi connectivity index (χ4n) is 2.48. The highest BCUT2D eigenvalue weighted by atomic mass is 19.1. The first-order valence-electron chi connectivity index (χ1n) is 6.47. The van der Waals surface area contributed by atoms with Crippen molar-refractivity contribution in [2.24, 2.45) is 7.05 Å². The molecule has 0 amide bonds. The Kier molecular flexibility index (Phi) is 2.87. The van der Waals surface area contributed by atoms with Crippen molar-refractivity contribution in [3.8, 4) is 11.8 Å². The highest BCUT2D eigenvalue weighted by Crippen LogP contribution is 2.27. The van der Waals surface area contributed by atoms with E-state index in [0.29, 0.717) is 23.3 Å². The van der Waals surface area contributed by atoms with Crippen LogP contribution in [0.1, 0.15) is 18.2 Å². The first kappa shape index (κ1) is 13.1. The number of nitrogen functional groups attached to an aromatic ring is 1. The van der Waals surface area contributed by atoms with Crippen LogP contribution in [0.15, 0.2) is 18.2 Å². The Bertz CT molecular complexity index is 883. The Labute approximate surface area is 120 Å². The summed E-state index contributed by atoms with van der Waals surface area (Å²) in [6.07, 6.45) is 0.710. The smallest absolute Gasteiger partial charge is 0.207 e. The molecule has 106 valence electrons. The predicted octanol–water partition coefficient (Wildman–Crippen LogP) is 1.91. The largest absolute Gasteiger partial charge is 0.369 e. The van der Waals surface area contributed by atoms with Gasteiger partial charge in [0.05, 0.1) is 11.4 Å². The molecule has 3 rings (SSSR count). The number of halogens is 1. The number of nitrogens with zero attached hydrogens (tertiary/aromatic N) is 5. The van der Waals surface area contributed by atoms with Crippen molar-refractivity contribution in [1.82, 2.24) is 19.3 Å². The number of aromatic nitrogens is 4. The van der Waals surface area contributed by atoms with Gasteiger partial charge in [-0.2, -0.15) is 10.4 Å². The molecule has 1 aromatic carbocycles. The van der Waals surface area contributed by atoms with E-state index in [2.05, 4.69) is 10.1 Å². The number of hydrogen-bond donors (Lipinski definition) is 1. The number of imidazole rings is 1. The first-order chi connectivity index (χ1) is 10.1. The van der Waals surface area contributed by atoms with Crippen LogP contribution in [0.25, 0.3) is 16.9 Å². The van der Waals surface area contributed by atoms with Crippen molar-refractivity contribution >= 4 is 17.1 Å². The number of anilines is 1. The zero-order chi connectivity index (χ0) is 15.1. The summed E-state index contributed by atoms with van der Waals surface area (Å²) >= 11 is 0. The summed E-state index contributed by atoms with van der Waals surface area (Å²) < 4.78 is 17.0. The molecule has 6 nitrogen and oxygen atoms in total. The number of benzene rings is 1. The van der Waals surface area contributed by atoms with Crippen LogP contribution >= 0.6 is 0 Å². The van der Waals surface area contributed by atoms with E-state index in [-0.39, 0.29) is 11.5 Å². The second kappa shape index (κ2) is 4.59. The summed E-state index contributed by atoms with van der Waals surface area (Å²) in [7, 11) is 1.77. The molecule has 0 atom stereocenters. The minimum absolute atomic E-state index is 0.0669. The Balaban J connectivity index is 2.42. The topological polar surface area (TPSA) is 85.5 Å². The van der Waals surface area contributed by atoms with E-state index in [0.717, 1.165) is 5.69 Å². The normalized spacial score (nSPS) is 11.0. The minimum atomic E-state index is -0.589. The maximum Gasteiger partial charge on any atom is 0.207 e. The fourth-order valence-corrected chi connectivity index (χ4v) is 2.48. The third-order valence-corrected chi connectivity index (χ3v) is 3.41. The molecule has 2 heterocycles. The summed E-state index contributed by atoms with van der Waals surface area (Å²) in [5.74, 6) is -0.385. The van der Waals surface area contributed by atoms with Gasteiger partial charge in [-0.05, 0) is 18.6 Å². The molecule has 2 aromatic heterocycles. The van der Waals surface area contributed by atoms with E-state index in [1.54, 1.807) is 22.4 Å². The number of fused-ring (bicyclic) bond motifs is 1. The monoisotopic (exact) mass is 284 g/mol. The molecule has 0 fully saturated rings. The maximum absolute atomic E-state index is 13.8. The van der Waals surface area contributed by atoms with Crippen molar-refractivity contribution in [2.75, 3.05) is 5.73 Å². The maximum atomic E-state index is 13.8. The lowest BCUT2D eigenvalue weighted by atomic mass is 10.2. The van der Waals surface area contributed by atoms with Gasteiger partial charge in [-0.1, -0.05) is 13.0 Å². The summed E-state index contributed by atoms with van der Waals surface area (Å²) in [6.45, 7) is 1.97. The zero-order valence-corrected chi connectivity index (χ0v) is 11.6. The van der Waals surface area contributed by atoms with Gasteiger partial charge >= 0.3 is 0 Å². The highest BCUT2D eigenvalue weighted by Gasteiger charge is 2.21. The van der Waals surface area contributed by atoms with Crippen molar-refractivity contribution in [3.05, 3.63) is 35.3 Å². The summed E-state index contributed by atoms with van der Waals surface area (Å²) in [6, 6.07) is 6.29. The molecule has 0 unspecified atom stereocenters. The van der Waals surface area contributed by atoms with Crippen LogP contribution in [0.3, 0.4) is 0 Å². The van der Waals surface area contributed by atoms with Crippen LogP contribution in [0.4, 0.5) is 10.3 Å². The number of aryl methyl sites for hydroxylation is 2. The van der Waals surface area contributed by atoms with Crippen LogP contribution in [0, 0.1) is 17.1 Å². The Hall–Kier alpha value is -2.88. The van der Waals surface area contributed by atoms with Gasteiger partial charge in [0.1, 0.15) is 23.0 Å². The molecule has 2 N–H and O–H groups in total. The van der Waals surface area contributed by atoms with Crippen LogP contribution in [0.5, 0.6) is 0 Å². The standard InChI is InChI=1S/C14H13FN6/c1-3-10-12-13(20(2)19-10)21(14(17)18-12)11-6-4-5-9(15)8(11)7-16/h4-6H,3H2,1-2H3,(H2,17,18). The first-order valence-corrected chi connectivity index (χ1v) is 6.47. The molecule has 7 heteroatoms. The lowest BCUT2D eigenvalue weighted by Gasteiger charge is -2.09. The van der Waals surface area contributed by atoms with E-state index in [4.69, 9.17) is 5.73 Å². The molecular formula is C14H13FN6. The van der Waals surface area contributed by atoms with Gasteiger partial charge in [0, 0.05) is 7.05 Å². The number of nitriles is 1. The fraction of sp³-hybridized carbons (Fsp3) is 0.214. The second-order valence-electron chi connectivity index (χ2n) is 4.65. The molecule has 3 aromatic rings. The third kappa shape index (κ3) is 1.76. The Morgan fingerprint density at radius 3 is 2.86 bits per heavy atom. The average Bonchev–Trinajstić information content (AvgIpc) is 2.95. The third-order valence-electron chi connectivity index (χ3n) is 3.41. The van der Waals surface area contributed by atoms with Gasteiger partial charge < -0.3 is 5.73 Å². The lowest BCUT2D eigenvalue weighted by molar-refractivity contribution is 0.622. The molecule has 0 radical (unpaired) electrons. The van der Waals surface area contributed by atoms with Crippen molar-refractivity contribution in [1.29, 1.82) is 5.26 Å². The van der Waals surface area contributed by atoms with Crippen LogP contribution < -0.4 is 5.73 Å². The number of rotatable bonds is 2. The van der Waals surface area contributed by atoms with E-state index in [1.165, 1.54) is 12.1 Å². The van der Waals surface area contributed by atoms with E-state index >= 15 is 0 Å².